The van der Waals surface area contributed by atoms with E-state index in [1.807, 2.05) is 0 Å². The van der Waals surface area contributed by atoms with Crippen molar-refractivity contribution in [2.75, 3.05) is 7.11 Å². The van der Waals surface area contributed by atoms with Gasteiger partial charge in [0.05, 0.1) is 0 Å². The summed E-state index contributed by atoms with van der Waals surface area (Å²) in [7, 11) is 2.25. The summed E-state index contributed by atoms with van der Waals surface area (Å²) in [5.74, 6) is 0.597. The molecule has 0 aliphatic rings. The molecule has 0 N–H and O–H groups in total. The van der Waals surface area contributed by atoms with Gasteiger partial charge in [0.25, 0.3) is 0 Å². The first kappa shape index (κ1) is 13.9. The number of nitrogens with zero attached hydrogens (tertiary/aromatic N) is 2. The topological polar surface area (TPSA) is 88.8 Å². The average Bonchev–Trinajstić information content (AvgIpc) is 2.40. The molecule has 1 rings (SSSR count). The molecule has 18 heavy (non-hydrogen) atoms. The summed E-state index contributed by atoms with van der Waals surface area (Å²) in [5, 5.41) is 12.4. The van der Waals surface area contributed by atoms with Crippen molar-refractivity contribution in [2.45, 2.75) is 0 Å². The molecule has 0 saturated carbocycles. The Balaban J connectivity index is 3.00. The summed E-state index contributed by atoms with van der Waals surface area (Å²) in [6.45, 7) is 0. The van der Waals surface area contributed by atoms with Gasteiger partial charge >= 0.3 is 105 Å². The molecule has 1 aromatic rings. The van der Waals surface area contributed by atoms with Crippen LogP contribution in [0.4, 0.5) is 0 Å². The van der Waals surface area contributed by atoms with Crippen LogP contribution in [0, 0.1) is 11.3 Å². The second kappa shape index (κ2) is 5.98. The Bertz CT molecular complexity index is 602. The minimum atomic E-state index is -4.06. The second-order valence-electron chi connectivity index (χ2n) is 2.98. The fourth-order valence-electron chi connectivity index (χ4n) is 1.00. The predicted molar refractivity (Wildman–Crippen MR) is 67.0 cm³/mol. The Kier molecular flexibility index (Phi) is 4.63. The molecular formula is C10H8BN2O4S. The van der Waals surface area contributed by atoms with Crippen LogP contribution >= 0.6 is 0 Å². The Hall–Kier alpha value is -2.14. The van der Waals surface area contributed by atoms with Gasteiger partial charge in [-0.15, -0.1) is 0 Å². The molecule has 0 heterocycles. The van der Waals surface area contributed by atoms with Gasteiger partial charge in [-0.3, -0.25) is 0 Å². The van der Waals surface area contributed by atoms with Gasteiger partial charge in [0.1, 0.15) is 0 Å². The average molecular weight is 263 g/mol. The quantitative estimate of drug-likeness (QED) is 0.430. The summed E-state index contributed by atoms with van der Waals surface area (Å²) < 4.78 is 30.9. The van der Waals surface area contributed by atoms with Crippen molar-refractivity contribution < 1.29 is 17.4 Å². The van der Waals surface area contributed by atoms with Crippen molar-refractivity contribution in [1.29, 1.82) is 5.26 Å². The van der Waals surface area contributed by atoms with Gasteiger partial charge in [0.2, 0.25) is 0 Å². The summed E-state index contributed by atoms with van der Waals surface area (Å²) >= 11 is 0. The Morgan fingerprint density at radius 1 is 1.44 bits per heavy atom. The van der Waals surface area contributed by atoms with Crippen LogP contribution in [0.5, 0.6) is 5.75 Å². The van der Waals surface area contributed by atoms with Gasteiger partial charge in [-0.25, -0.2) is 0 Å². The SMILES string of the molecule is [B]=CS(=O)(=O)ON=C(C#N)c1ccc(OC)cc1. The number of oxime groups is 1. The van der Waals surface area contributed by atoms with Gasteiger partial charge in [-0.05, 0) is 0 Å². The van der Waals surface area contributed by atoms with Crippen LogP contribution < -0.4 is 4.74 Å². The van der Waals surface area contributed by atoms with Crippen molar-refractivity contribution >= 4 is 28.6 Å². The molecule has 0 aromatic heterocycles. The van der Waals surface area contributed by atoms with Crippen molar-refractivity contribution in [3.63, 3.8) is 0 Å². The molecule has 8 heteroatoms. The van der Waals surface area contributed by atoms with Crippen LogP contribution in [0.1, 0.15) is 5.56 Å². The van der Waals surface area contributed by atoms with Gasteiger partial charge in [-0.2, -0.15) is 0 Å². The number of methoxy groups -OCH3 is 1. The van der Waals surface area contributed by atoms with Gasteiger partial charge in [-0.1, -0.05) is 0 Å². The minimum absolute atomic E-state index is 0.192. The van der Waals surface area contributed by atoms with E-state index < -0.39 is 10.1 Å². The third-order valence-corrected chi connectivity index (χ3v) is 2.48. The van der Waals surface area contributed by atoms with Crippen LogP contribution in [-0.4, -0.2) is 34.0 Å². The standard InChI is InChI=1S/C10H8BN2O4S/c1-16-9-4-2-8(3-5-9)10(6-12)13-17-18(14,15)7-11/h2-5,7H,1H3. The first-order chi connectivity index (χ1) is 8.52. The van der Waals surface area contributed by atoms with Gasteiger partial charge in [0.15, 0.2) is 0 Å². The summed E-state index contributed by atoms with van der Waals surface area (Å²) in [5.41, 5.74) is 0.202. The van der Waals surface area contributed by atoms with Crippen LogP contribution in [0.15, 0.2) is 29.4 Å². The van der Waals surface area contributed by atoms with E-state index in [-0.39, 0.29) is 5.71 Å². The number of hydrogen-bond donors (Lipinski definition) is 0. The molecule has 0 amide bonds. The summed E-state index contributed by atoms with van der Waals surface area (Å²) in [4.78, 5) is 0. The zero-order valence-electron chi connectivity index (χ0n) is 9.40. The molecule has 0 bridgehead atoms. The number of nitriles is 1. The fraction of sp³-hybridized carbons (Fsp3) is 0.100. The van der Waals surface area contributed by atoms with E-state index in [2.05, 4.69) is 9.44 Å². The molecule has 0 unspecified atom stereocenters. The van der Waals surface area contributed by atoms with Crippen molar-refractivity contribution in [1.82, 2.24) is 0 Å². The zero-order chi connectivity index (χ0) is 13.6. The zero-order valence-corrected chi connectivity index (χ0v) is 10.2. The Morgan fingerprint density at radius 3 is 2.50 bits per heavy atom. The van der Waals surface area contributed by atoms with E-state index in [9.17, 15) is 8.42 Å². The molecule has 0 atom stereocenters. The van der Waals surface area contributed by atoms with E-state index in [0.717, 1.165) is 0 Å². The number of benzene rings is 1. The first-order valence-electron chi connectivity index (χ1n) is 4.63. The molecule has 0 aliphatic heterocycles. The number of rotatable bonds is 5. The normalized spacial score (nSPS) is 11.4. The van der Waals surface area contributed by atoms with E-state index in [1.165, 1.54) is 7.11 Å². The van der Waals surface area contributed by atoms with Crippen LogP contribution in [0.25, 0.3) is 0 Å². The Labute approximate surface area is 106 Å². The summed E-state index contributed by atoms with van der Waals surface area (Å²) in [6.07, 6.45) is 0. The van der Waals surface area contributed by atoms with E-state index in [4.69, 9.17) is 17.5 Å². The predicted octanol–water partition coefficient (Wildman–Crippen LogP) is 0.197. The molecule has 1 radical (unpaired) electrons. The number of ether oxygens (including phenoxy) is 1. The maximum absolute atomic E-state index is 10.9. The number of hydrogen-bond acceptors (Lipinski definition) is 6. The van der Waals surface area contributed by atoms with Gasteiger partial charge < -0.3 is 0 Å². The molecular weight excluding hydrogens is 255 g/mol. The van der Waals surface area contributed by atoms with Crippen molar-refractivity contribution in [2.24, 2.45) is 5.16 Å². The van der Waals surface area contributed by atoms with E-state index in [1.54, 1.807) is 30.3 Å². The summed E-state index contributed by atoms with van der Waals surface area (Å²) in [6, 6.07) is 8.01. The van der Waals surface area contributed by atoms with Gasteiger partial charge in [0, 0.05) is 0 Å². The third-order valence-electron chi connectivity index (χ3n) is 1.87. The molecule has 1 aromatic carbocycles. The van der Waals surface area contributed by atoms with E-state index in [0.29, 0.717) is 16.6 Å². The molecule has 0 aliphatic carbocycles. The Morgan fingerprint density at radius 2 is 2.06 bits per heavy atom. The monoisotopic (exact) mass is 263 g/mol. The maximum atomic E-state index is 10.9. The van der Waals surface area contributed by atoms with Crippen LogP contribution in [0.3, 0.4) is 0 Å². The van der Waals surface area contributed by atoms with Crippen LogP contribution in [0.2, 0.25) is 0 Å². The van der Waals surface area contributed by atoms with Crippen molar-refractivity contribution in [3.05, 3.63) is 29.8 Å². The van der Waals surface area contributed by atoms with Crippen molar-refractivity contribution in [3.8, 4) is 11.8 Å². The molecule has 91 valence electrons. The van der Waals surface area contributed by atoms with Crippen LogP contribution in [-0.2, 0) is 14.4 Å². The van der Waals surface area contributed by atoms with E-state index >= 15 is 0 Å². The molecule has 0 fully saturated rings. The molecule has 0 spiro atoms. The fourth-order valence-corrected chi connectivity index (χ4v) is 1.23. The third kappa shape index (κ3) is 3.71. The molecule has 0 saturated heterocycles. The second-order valence-corrected chi connectivity index (χ2v) is 4.39. The molecule has 6 nitrogen and oxygen atoms in total. The first-order valence-corrected chi connectivity index (χ1v) is 6.10.